The molecule has 1 saturated heterocycles. The third-order valence-electron chi connectivity index (χ3n) is 4.98. The molecule has 1 aromatic heterocycles. The maximum Gasteiger partial charge on any atom is 0.244 e. The van der Waals surface area contributed by atoms with Crippen LogP contribution in [0.2, 0.25) is 5.02 Å². The largest absolute Gasteiger partial charge is 0.441 e. The van der Waals surface area contributed by atoms with E-state index in [1.807, 2.05) is 30.3 Å². The quantitative estimate of drug-likeness (QED) is 0.560. The molecule has 2 aromatic carbocycles. The number of aromatic nitrogens is 1. The molecule has 4 rings (SSSR count). The average Bonchev–Trinajstić information content (AvgIpc) is 3.29. The molecule has 1 aliphatic rings. The van der Waals surface area contributed by atoms with Crippen LogP contribution in [0.15, 0.2) is 64.0 Å². The Kier molecular flexibility index (Phi) is 6.90. The zero-order chi connectivity index (χ0) is 22.6. The molecule has 1 aliphatic heterocycles. The summed E-state index contributed by atoms with van der Waals surface area (Å²) in [5, 5.41) is 2.82. The highest BCUT2D eigenvalue weighted by molar-refractivity contribution is 7.89. The van der Waals surface area contributed by atoms with Gasteiger partial charge in [0.1, 0.15) is 4.90 Å². The minimum absolute atomic E-state index is 0.0425. The molecule has 0 spiro atoms. The van der Waals surface area contributed by atoms with Crippen LogP contribution in [0.5, 0.6) is 0 Å². The van der Waals surface area contributed by atoms with Crippen LogP contribution in [0.1, 0.15) is 12.3 Å². The average molecular weight is 476 g/mol. The lowest BCUT2D eigenvalue weighted by atomic mass is 10.2. The Morgan fingerprint density at radius 2 is 1.88 bits per heavy atom. The van der Waals surface area contributed by atoms with E-state index in [1.165, 1.54) is 16.4 Å². The number of carbonyl (C=O) groups excluding carboxylic acids is 1. The van der Waals surface area contributed by atoms with Crippen LogP contribution in [-0.2, 0) is 26.0 Å². The normalized spacial score (nSPS) is 14.9. The van der Waals surface area contributed by atoms with Crippen LogP contribution in [-0.4, -0.2) is 49.9 Å². The van der Waals surface area contributed by atoms with Crippen molar-refractivity contribution in [2.75, 3.05) is 31.6 Å². The molecule has 1 amide bonds. The third kappa shape index (κ3) is 5.18. The molecule has 3 aromatic rings. The molecular weight excluding hydrogens is 454 g/mol. The van der Waals surface area contributed by atoms with Crippen molar-refractivity contribution in [3.05, 3.63) is 65.6 Å². The number of morpholine rings is 1. The third-order valence-corrected chi connectivity index (χ3v) is 7.36. The standard InChI is InChI=1S/C22H22ClN3O5S/c23-18-7-6-17(14-20(18)32(28,29)26-10-12-30-13-11-26)25-21(27)8-9-22-24-15-19(31-22)16-4-2-1-3-5-16/h1-7,14-15H,8-13H2,(H,25,27). The Morgan fingerprint density at radius 1 is 1.12 bits per heavy atom. The van der Waals surface area contributed by atoms with Gasteiger partial charge >= 0.3 is 0 Å². The van der Waals surface area contributed by atoms with Gasteiger partial charge in [0.25, 0.3) is 0 Å². The SMILES string of the molecule is O=C(CCc1ncc(-c2ccccc2)o1)Nc1ccc(Cl)c(S(=O)(=O)N2CCOCC2)c1. The molecule has 1 fully saturated rings. The number of oxazole rings is 1. The summed E-state index contributed by atoms with van der Waals surface area (Å²) < 4.78 is 38.1. The minimum Gasteiger partial charge on any atom is -0.441 e. The van der Waals surface area contributed by atoms with E-state index in [9.17, 15) is 13.2 Å². The fourth-order valence-electron chi connectivity index (χ4n) is 3.31. The molecule has 10 heteroatoms. The number of amides is 1. The van der Waals surface area contributed by atoms with Crippen LogP contribution >= 0.6 is 11.6 Å². The number of nitrogens with one attached hydrogen (secondary N) is 1. The molecule has 0 unspecified atom stereocenters. The van der Waals surface area contributed by atoms with E-state index in [0.29, 0.717) is 37.0 Å². The number of carbonyl (C=O) groups is 1. The fraction of sp³-hybridized carbons (Fsp3) is 0.273. The van der Waals surface area contributed by atoms with Crippen molar-refractivity contribution in [1.29, 1.82) is 0 Å². The summed E-state index contributed by atoms with van der Waals surface area (Å²) in [5.41, 5.74) is 1.26. The summed E-state index contributed by atoms with van der Waals surface area (Å²) in [6, 6.07) is 14.0. The van der Waals surface area contributed by atoms with E-state index in [1.54, 1.807) is 12.3 Å². The van der Waals surface area contributed by atoms with E-state index in [4.69, 9.17) is 20.8 Å². The smallest absolute Gasteiger partial charge is 0.244 e. The van der Waals surface area contributed by atoms with Gasteiger partial charge in [0.05, 0.1) is 24.4 Å². The molecule has 0 radical (unpaired) electrons. The van der Waals surface area contributed by atoms with Gasteiger partial charge in [-0.05, 0) is 18.2 Å². The van der Waals surface area contributed by atoms with E-state index in [-0.39, 0.29) is 35.3 Å². The first kappa shape index (κ1) is 22.5. The van der Waals surface area contributed by atoms with E-state index in [2.05, 4.69) is 10.3 Å². The molecule has 32 heavy (non-hydrogen) atoms. The van der Waals surface area contributed by atoms with E-state index < -0.39 is 10.0 Å². The highest BCUT2D eigenvalue weighted by Gasteiger charge is 2.28. The number of ether oxygens (including phenoxy) is 1. The maximum absolute atomic E-state index is 12.9. The van der Waals surface area contributed by atoms with Crippen LogP contribution in [0.4, 0.5) is 5.69 Å². The maximum atomic E-state index is 12.9. The van der Waals surface area contributed by atoms with Gasteiger partial charge in [-0.15, -0.1) is 0 Å². The number of benzene rings is 2. The van der Waals surface area contributed by atoms with Gasteiger partial charge in [-0.25, -0.2) is 13.4 Å². The molecule has 0 atom stereocenters. The van der Waals surface area contributed by atoms with Gasteiger partial charge in [-0.1, -0.05) is 41.9 Å². The van der Waals surface area contributed by atoms with Crippen LogP contribution in [0, 0.1) is 0 Å². The number of aryl methyl sites for hydroxylation is 1. The Hall–Kier alpha value is -2.72. The van der Waals surface area contributed by atoms with Gasteiger partial charge < -0.3 is 14.5 Å². The summed E-state index contributed by atoms with van der Waals surface area (Å²) in [6.45, 7) is 1.19. The zero-order valence-corrected chi connectivity index (χ0v) is 18.7. The van der Waals surface area contributed by atoms with Gasteiger partial charge in [-0.2, -0.15) is 4.31 Å². The first-order valence-corrected chi connectivity index (χ1v) is 11.9. The van der Waals surface area contributed by atoms with Gasteiger partial charge in [0.2, 0.25) is 15.9 Å². The van der Waals surface area contributed by atoms with Crippen molar-refractivity contribution in [1.82, 2.24) is 9.29 Å². The van der Waals surface area contributed by atoms with Crippen LogP contribution in [0.3, 0.4) is 0 Å². The first-order valence-electron chi connectivity index (χ1n) is 10.1. The Bertz CT molecular complexity index is 1190. The molecule has 2 heterocycles. The lowest BCUT2D eigenvalue weighted by molar-refractivity contribution is -0.116. The Balaban J connectivity index is 1.39. The number of hydrogen-bond acceptors (Lipinski definition) is 6. The highest BCUT2D eigenvalue weighted by Crippen LogP contribution is 2.28. The molecular formula is C22H22ClN3O5S. The van der Waals surface area contributed by atoms with Gasteiger partial charge in [0.15, 0.2) is 11.7 Å². The Labute approximate surface area is 191 Å². The number of rotatable bonds is 7. The molecule has 8 nitrogen and oxygen atoms in total. The van der Waals surface area contributed by atoms with Crippen molar-refractivity contribution in [3.63, 3.8) is 0 Å². The zero-order valence-electron chi connectivity index (χ0n) is 17.2. The predicted molar refractivity (Wildman–Crippen MR) is 120 cm³/mol. The first-order chi connectivity index (χ1) is 15.4. The topological polar surface area (TPSA) is 102 Å². The van der Waals surface area contributed by atoms with Gasteiger partial charge in [0, 0.05) is 37.2 Å². The fourth-order valence-corrected chi connectivity index (χ4v) is 5.22. The second-order valence-electron chi connectivity index (χ2n) is 7.19. The number of anilines is 1. The number of halogens is 1. The molecule has 0 saturated carbocycles. The monoisotopic (exact) mass is 475 g/mol. The molecule has 0 aliphatic carbocycles. The van der Waals surface area contributed by atoms with Crippen molar-refractivity contribution in [2.45, 2.75) is 17.7 Å². The molecule has 0 bridgehead atoms. The van der Waals surface area contributed by atoms with Crippen LogP contribution in [0.25, 0.3) is 11.3 Å². The van der Waals surface area contributed by atoms with E-state index >= 15 is 0 Å². The summed E-state index contributed by atoms with van der Waals surface area (Å²) in [6.07, 6.45) is 2.07. The number of hydrogen-bond donors (Lipinski definition) is 1. The lowest BCUT2D eigenvalue weighted by Gasteiger charge is -2.26. The molecule has 1 N–H and O–H groups in total. The Morgan fingerprint density at radius 3 is 2.62 bits per heavy atom. The second kappa shape index (κ2) is 9.83. The van der Waals surface area contributed by atoms with E-state index in [0.717, 1.165) is 5.56 Å². The van der Waals surface area contributed by atoms with Crippen molar-refractivity contribution in [2.24, 2.45) is 0 Å². The highest BCUT2D eigenvalue weighted by atomic mass is 35.5. The predicted octanol–water partition coefficient (Wildman–Crippen LogP) is 3.59. The lowest BCUT2D eigenvalue weighted by Crippen LogP contribution is -2.40. The van der Waals surface area contributed by atoms with Gasteiger partial charge in [-0.3, -0.25) is 4.79 Å². The van der Waals surface area contributed by atoms with Crippen molar-refractivity contribution >= 4 is 33.2 Å². The second-order valence-corrected chi connectivity index (χ2v) is 9.51. The number of nitrogens with zero attached hydrogens (tertiary/aromatic N) is 2. The van der Waals surface area contributed by atoms with Crippen LogP contribution < -0.4 is 5.32 Å². The van der Waals surface area contributed by atoms with Crippen molar-refractivity contribution in [3.8, 4) is 11.3 Å². The minimum atomic E-state index is -3.78. The van der Waals surface area contributed by atoms with Crippen molar-refractivity contribution < 1.29 is 22.4 Å². The summed E-state index contributed by atoms with van der Waals surface area (Å²) in [7, 11) is -3.78. The molecule has 168 valence electrons. The summed E-state index contributed by atoms with van der Waals surface area (Å²) in [5.74, 6) is 0.795. The summed E-state index contributed by atoms with van der Waals surface area (Å²) >= 11 is 6.16. The summed E-state index contributed by atoms with van der Waals surface area (Å²) in [4.78, 5) is 16.6. The number of sulfonamides is 1.